The highest BCUT2D eigenvalue weighted by Crippen LogP contribution is 2.16. The number of benzene rings is 1. The van der Waals surface area contributed by atoms with E-state index in [-0.39, 0.29) is 5.75 Å². The van der Waals surface area contributed by atoms with Gasteiger partial charge in [0.25, 0.3) is 0 Å². The lowest BCUT2D eigenvalue weighted by molar-refractivity contribution is -0.00772. The van der Waals surface area contributed by atoms with Crippen LogP contribution in [0.15, 0.2) is 24.3 Å². The summed E-state index contributed by atoms with van der Waals surface area (Å²) in [6.45, 7) is 6.44. The van der Waals surface area contributed by atoms with Crippen molar-refractivity contribution >= 4 is 6.16 Å². The zero-order valence-electron chi connectivity index (χ0n) is 13.6. The van der Waals surface area contributed by atoms with E-state index in [1.54, 1.807) is 24.3 Å². The monoisotopic (exact) mass is 310 g/mol. The van der Waals surface area contributed by atoms with Gasteiger partial charge in [-0.1, -0.05) is 0 Å². The summed E-state index contributed by atoms with van der Waals surface area (Å²) < 4.78 is 15.6. The molecule has 22 heavy (non-hydrogen) atoms. The van der Waals surface area contributed by atoms with E-state index >= 15 is 0 Å². The molecule has 1 aromatic rings. The van der Waals surface area contributed by atoms with Gasteiger partial charge >= 0.3 is 6.16 Å². The molecule has 0 bridgehead atoms. The number of aromatic hydroxyl groups is 1. The third-order valence-corrected chi connectivity index (χ3v) is 2.75. The number of hydrogen-bond donors (Lipinski definition) is 1. The number of carbonyl (C=O) groups excluding carboxylic acids is 1. The molecule has 0 aliphatic heterocycles. The SMILES string of the molecule is CC(C)(C)OC(=O)OCCCCCCOc1ccc(O)cc1. The topological polar surface area (TPSA) is 65.0 Å². The fourth-order valence-electron chi connectivity index (χ4n) is 1.73. The minimum absolute atomic E-state index is 0.234. The quantitative estimate of drug-likeness (QED) is 0.573. The summed E-state index contributed by atoms with van der Waals surface area (Å²) in [4.78, 5) is 11.3. The van der Waals surface area contributed by atoms with E-state index in [1.807, 2.05) is 20.8 Å². The van der Waals surface area contributed by atoms with Crippen LogP contribution < -0.4 is 4.74 Å². The van der Waals surface area contributed by atoms with Gasteiger partial charge < -0.3 is 19.3 Å². The van der Waals surface area contributed by atoms with E-state index in [9.17, 15) is 4.79 Å². The predicted molar refractivity (Wildman–Crippen MR) is 84.3 cm³/mol. The van der Waals surface area contributed by atoms with Crippen molar-refractivity contribution in [2.24, 2.45) is 0 Å². The number of hydrogen-bond acceptors (Lipinski definition) is 5. The van der Waals surface area contributed by atoms with Crippen LogP contribution in [0.25, 0.3) is 0 Å². The van der Waals surface area contributed by atoms with Gasteiger partial charge in [0.15, 0.2) is 0 Å². The summed E-state index contributed by atoms with van der Waals surface area (Å²) >= 11 is 0. The second-order valence-corrected chi connectivity index (χ2v) is 6.07. The smallest absolute Gasteiger partial charge is 0.508 e. The first kappa shape index (κ1) is 18.1. The molecule has 1 rings (SSSR count). The summed E-state index contributed by atoms with van der Waals surface area (Å²) in [7, 11) is 0. The van der Waals surface area contributed by atoms with Crippen molar-refractivity contribution in [2.75, 3.05) is 13.2 Å². The molecule has 0 radical (unpaired) electrons. The van der Waals surface area contributed by atoms with Gasteiger partial charge in [-0.15, -0.1) is 0 Å². The Labute approximate surface area is 132 Å². The average molecular weight is 310 g/mol. The van der Waals surface area contributed by atoms with Crippen LogP contribution in [0.1, 0.15) is 46.5 Å². The van der Waals surface area contributed by atoms with Crippen LogP contribution in [0, 0.1) is 0 Å². The van der Waals surface area contributed by atoms with Crippen molar-refractivity contribution in [1.82, 2.24) is 0 Å². The Kier molecular flexibility index (Phi) is 7.57. The maximum absolute atomic E-state index is 11.3. The van der Waals surface area contributed by atoms with Crippen LogP contribution in [0.2, 0.25) is 0 Å². The molecule has 0 aromatic heterocycles. The van der Waals surface area contributed by atoms with Gasteiger partial charge in [0.1, 0.15) is 17.1 Å². The molecule has 1 N–H and O–H groups in total. The zero-order valence-corrected chi connectivity index (χ0v) is 13.6. The molecule has 5 heteroatoms. The third kappa shape index (κ3) is 9.10. The van der Waals surface area contributed by atoms with Crippen LogP contribution in [0.5, 0.6) is 11.5 Å². The molecule has 0 saturated carbocycles. The first-order valence-electron chi connectivity index (χ1n) is 7.64. The molecular weight excluding hydrogens is 284 g/mol. The number of unbranched alkanes of at least 4 members (excludes halogenated alkanes) is 3. The second-order valence-electron chi connectivity index (χ2n) is 6.07. The van der Waals surface area contributed by atoms with Gasteiger partial charge in [-0.05, 0) is 70.7 Å². The Morgan fingerprint density at radius 1 is 1.00 bits per heavy atom. The average Bonchev–Trinajstić information content (AvgIpc) is 2.42. The van der Waals surface area contributed by atoms with Gasteiger partial charge in [0.2, 0.25) is 0 Å². The minimum atomic E-state index is -0.608. The molecule has 124 valence electrons. The van der Waals surface area contributed by atoms with Crippen molar-refractivity contribution in [3.8, 4) is 11.5 Å². The van der Waals surface area contributed by atoms with Crippen LogP contribution in [0.3, 0.4) is 0 Å². The molecule has 0 heterocycles. The molecule has 0 spiro atoms. The van der Waals surface area contributed by atoms with Crippen LogP contribution in [-0.2, 0) is 9.47 Å². The van der Waals surface area contributed by atoms with E-state index in [4.69, 9.17) is 19.3 Å². The number of ether oxygens (including phenoxy) is 3. The minimum Gasteiger partial charge on any atom is -0.508 e. The van der Waals surface area contributed by atoms with Gasteiger partial charge in [0.05, 0.1) is 13.2 Å². The lowest BCUT2D eigenvalue weighted by atomic mass is 10.2. The molecule has 0 aliphatic rings. The molecule has 0 fully saturated rings. The standard InChI is InChI=1S/C17H26O5/c1-17(2,3)22-16(19)21-13-7-5-4-6-12-20-15-10-8-14(18)9-11-15/h8-11,18H,4-7,12-13H2,1-3H3. The normalized spacial score (nSPS) is 11.0. The first-order valence-corrected chi connectivity index (χ1v) is 7.64. The van der Waals surface area contributed by atoms with E-state index in [0.29, 0.717) is 13.2 Å². The van der Waals surface area contributed by atoms with Crippen molar-refractivity contribution in [3.63, 3.8) is 0 Å². The van der Waals surface area contributed by atoms with Crippen molar-refractivity contribution in [3.05, 3.63) is 24.3 Å². The fraction of sp³-hybridized carbons (Fsp3) is 0.588. The number of rotatable bonds is 8. The molecule has 0 saturated heterocycles. The molecule has 0 amide bonds. The summed E-state index contributed by atoms with van der Waals surface area (Å²) in [5, 5.41) is 9.15. The Hall–Kier alpha value is -1.91. The van der Waals surface area contributed by atoms with Crippen molar-refractivity contribution in [1.29, 1.82) is 0 Å². The first-order chi connectivity index (χ1) is 10.4. The Morgan fingerprint density at radius 2 is 1.59 bits per heavy atom. The highest BCUT2D eigenvalue weighted by atomic mass is 16.7. The highest BCUT2D eigenvalue weighted by molar-refractivity contribution is 5.60. The van der Waals surface area contributed by atoms with Crippen molar-refractivity contribution in [2.45, 2.75) is 52.1 Å². The second kappa shape index (κ2) is 9.18. The lowest BCUT2D eigenvalue weighted by Crippen LogP contribution is -2.24. The molecular formula is C17H26O5. The molecule has 0 atom stereocenters. The molecule has 0 aliphatic carbocycles. The fourth-order valence-corrected chi connectivity index (χ4v) is 1.73. The number of phenols is 1. The number of phenolic OH excluding ortho intramolecular Hbond substituents is 1. The molecule has 5 nitrogen and oxygen atoms in total. The van der Waals surface area contributed by atoms with E-state index in [2.05, 4.69) is 0 Å². The van der Waals surface area contributed by atoms with Crippen molar-refractivity contribution < 1.29 is 24.1 Å². The number of carbonyl (C=O) groups is 1. The Morgan fingerprint density at radius 3 is 2.18 bits per heavy atom. The summed E-state index contributed by atoms with van der Waals surface area (Å²) in [6.07, 6.45) is 3.13. The summed E-state index contributed by atoms with van der Waals surface area (Å²) in [5.74, 6) is 0.989. The summed E-state index contributed by atoms with van der Waals surface area (Å²) in [6, 6.07) is 6.68. The van der Waals surface area contributed by atoms with E-state index < -0.39 is 11.8 Å². The van der Waals surface area contributed by atoms with Crippen LogP contribution >= 0.6 is 0 Å². The zero-order chi connectivity index (χ0) is 16.4. The molecule has 1 aromatic carbocycles. The van der Waals surface area contributed by atoms with E-state index in [0.717, 1.165) is 31.4 Å². The van der Waals surface area contributed by atoms with Crippen LogP contribution in [-0.4, -0.2) is 30.1 Å². The van der Waals surface area contributed by atoms with Gasteiger partial charge in [-0.2, -0.15) is 0 Å². The summed E-state index contributed by atoms with van der Waals surface area (Å²) in [5.41, 5.74) is -0.511. The maximum atomic E-state index is 11.3. The molecule has 0 unspecified atom stereocenters. The van der Waals surface area contributed by atoms with Gasteiger partial charge in [-0.25, -0.2) is 4.79 Å². The van der Waals surface area contributed by atoms with Gasteiger partial charge in [-0.3, -0.25) is 0 Å². The Balaban J connectivity index is 1.95. The predicted octanol–water partition coefficient (Wildman–Crippen LogP) is 4.28. The van der Waals surface area contributed by atoms with Gasteiger partial charge in [0, 0.05) is 0 Å². The van der Waals surface area contributed by atoms with E-state index in [1.165, 1.54) is 0 Å². The lowest BCUT2D eigenvalue weighted by Gasteiger charge is -2.18. The largest absolute Gasteiger partial charge is 0.508 e. The third-order valence-electron chi connectivity index (χ3n) is 2.75. The van der Waals surface area contributed by atoms with Crippen LogP contribution in [0.4, 0.5) is 4.79 Å². The highest BCUT2D eigenvalue weighted by Gasteiger charge is 2.16. The maximum Gasteiger partial charge on any atom is 0.508 e. The Bertz CT molecular complexity index is 433.